The lowest BCUT2D eigenvalue weighted by Crippen LogP contribution is -2.40. The van der Waals surface area contributed by atoms with Crippen molar-refractivity contribution in [1.29, 1.82) is 0 Å². The molecule has 0 spiro atoms. The number of thioether (sulfide) groups is 1. The maximum Gasteiger partial charge on any atom is 0.416 e. The van der Waals surface area contributed by atoms with E-state index in [-0.39, 0.29) is 29.4 Å². The molecule has 0 N–H and O–H groups in total. The van der Waals surface area contributed by atoms with Crippen LogP contribution in [0.1, 0.15) is 18.4 Å². The topological polar surface area (TPSA) is 40.6 Å². The molecule has 26 heavy (non-hydrogen) atoms. The Morgan fingerprint density at radius 2 is 1.85 bits per heavy atom. The Labute approximate surface area is 160 Å². The number of hydrogen-bond acceptors (Lipinski definition) is 4. The van der Waals surface area contributed by atoms with Crippen LogP contribution in [0, 0.1) is 0 Å². The number of rotatable bonds is 4. The molecule has 2 heterocycles. The molecular formula is C16H20ClF3N2O2S2. The van der Waals surface area contributed by atoms with E-state index in [4.69, 9.17) is 11.6 Å². The molecule has 0 aliphatic carbocycles. The van der Waals surface area contributed by atoms with Crippen LogP contribution in [0.3, 0.4) is 0 Å². The lowest BCUT2D eigenvalue weighted by molar-refractivity contribution is -0.137. The van der Waals surface area contributed by atoms with E-state index in [0.717, 1.165) is 38.1 Å². The van der Waals surface area contributed by atoms with Crippen LogP contribution in [-0.4, -0.2) is 61.3 Å². The van der Waals surface area contributed by atoms with Crippen LogP contribution in [0.15, 0.2) is 23.1 Å². The molecule has 0 amide bonds. The van der Waals surface area contributed by atoms with Gasteiger partial charge >= 0.3 is 6.18 Å². The Morgan fingerprint density at radius 1 is 1.19 bits per heavy atom. The molecule has 0 saturated carbocycles. The summed E-state index contributed by atoms with van der Waals surface area (Å²) in [6, 6.07) is 2.50. The average Bonchev–Trinajstić information content (AvgIpc) is 3.23. The summed E-state index contributed by atoms with van der Waals surface area (Å²) in [6.45, 7) is 2.41. The smallest absolute Gasteiger partial charge is 0.298 e. The number of nitrogens with zero attached hydrogens (tertiary/aromatic N) is 2. The van der Waals surface area contributed by atoms with Gasteiger partial charge in [-0.25, -0.2) is 8.42 Å². The first kappa shape index (κ1) is 20.3. The highest BCUT2D eigenvalue weighted by Crippen LogP contribution is 2.37. The monoisotopic (exact) mass is 428 g/mol. The van der Waals surface area contributed by atoms with E-state index in [9.17, 15) is 21.6 Å². The average molecular weight is 429 g/mol. The minimum atomic E-state index is -4.63. The van der Waals surface area contributed by atoms with Crippen LogP contribution in [0.2, 0.25) is 5.02 Å². The van der Waals surface area contributed by atoms with Crippen molar-refractivity contribution in [1.82, 2.24) is 9.21 Å². The van der Waals surface area contributed by atoms with Crippen molar-refractivity contribution in [3.63, 3.8) is 0 Å². The second-order valence-corrected chi connectivity index (χ2v) is 9.94. The summed E-state index contributed by atoms with van der Waals surface area (Å²) >= 11 is 7.55. The van der Waals surface area contributed by atoms with E-state index >= 15 is 0 Å². The molecule has 2 aliphatic heterocycles. The number of benzene rings is 1. The van der Waals surface area contributed by atoms with E-state index in [1.54, 1.807) is 11.8 Å². The van der Waals surface area contributed by atoms with Crippen LogP contribution in [0.25, 0.3) is 0 Å². The molecule has 146 valence electrons. The first-order valence-corrected chi connectivity index (χ1v) is 11.4. The maximum atomic E-state index is 13.0. The third kappa shape index (κ3) is 3.87. The SMILES string of the molecule is CS[C@@H]1CN(S(=O)(=O)c2cc(C(F)(F)F)ccc2Cl)C[C@@H]1N1CCCC1. The summed E-state index contributed by atoms with van der Waals surface area (Å²) in [5, 5.41) is -0.101. The van der Waals surface area contributed by atoms with Crippen LogP contribution < -0.4 is 0 Å². The number of halogens is 4. The maximum absolute atomic E-state index is 13.0. The van der Waals surface area contributed by atoms with Gasteiger partial charge in [-0.1, -0.05) is 11.6 Å². The van der Waals surface area contributed by atoms with Crippen molar-refractivity contribution in [3.05, 3.63) is 28.8 Å². The van der Waals surface area contributed by atoms with Crippen molar-refractivity contribution >= 4 is 33.4 Å². The summed E-state index contributed by atoms with van der Waals surface area (Å²) in [7, 11) is -4.10. The standard InChI is InChI=1S/C16H20ClF3N2O2S2/c1-25-14-10-22(9-13(14)21-6-2-3-7-21)26(23,24)15-8-11(16(18,19)20)4-5-12(15)17/h4-5,8,13-14H,2-3,6-7,9-10H2,1H3/t13-,14+/m0/s1. The quantitative estimate of drug-likeness (QED) is 0.735. The van der Waals surface area contributed by atoms with Gasteiger partial charge in [0.1, 0.15) is 4.90 Å². The fourth-order valence-corrected chi connectivity index (χ4v) is 6.57. The molecule has 4 nitrogen and oxygen atoms in total. The van der Waals surface area contributed by atoms with Crippen molar-refractivity contribution in [2.75, 3.05) is 32.4 Å². The molecule has 2 fully saturated rings. The summed E-state index contributed by atoms with van der Waals surface area (Å²) < 4.78 is 66.2. The van der Waals surface area contributed by atoms with Crippen molar-refractivity contribution in [2.24, 2.45) is 0 Å². The first-order valence-electron chi connectivity index (χ1n) is 8.28. The molecule has 0 bridgehead atoms. The molecular weight excluding hydrogens is 409 g/mol. The summed E-state index contributed by atoms with van der Waals surface area (Å²) in [6.07, 6.45) is -0.519. The second kappa shape index (κ2) is 7.50. The molecule has 0 unspecified atom stereocenters. The third-order valence-electron chi connectivity index (χ3n) is 4.99. The summed E-state index contributed by atoms with van der Waals surface area (Å²) in [5.74, 6) is 0. The molecule has 3 rings (SSSR count). The highest BCUT2D eigenvalue weighted by Gasteiger charge is 2.43. The van der Waals surface area contributed by atoms with Gasteiger partial charge in [-0.15, -0.1) is 0 Å². The van der Waals surface area contributed by atoms with Gasteiger partial charge in [0, 0.05) is 24.4 Å². The zero-order chi connectivity index (χ0) is 19.1. The second-order valence-electron chi connectivity index (χ2n) is 6.55. The number of alkyl halides is 3. The van der Waals surface area contributed by atoms with Crippen LogP contribution in [0.5, 0.6) is 0 Å². The van der Waals surface area contributed by atoms with Crippen molar-refractivity contribution in [2.45, 2.75) is 35.2 Å². The number of sulfonamides is 1. The van der Waals surface area contributed by atoms with E-state index in [2.05, 4.69) is 4.90 Å². The highest BCUT2D eigenvalue weighted by atomic mass is 35.5. The van der Waals surface area contributed by atoms with Gasteiger partial charge in [-0.05, 0) is 50.4 Å². The Balaban J connectivity index is 1.91. The fourth-order valence-electron chi connectivity index (χ4n) is 3.59. The molecule has 2 aliphatic rings. The molecule has 2 atom stereocenters. The van der Waals surface area contributed by atoms with Crippen LogP contribution in [0.4, 0.5) is 13.2 Å². The molecule has 0 radical (unpaired) electrons. The summed E-state index contributed by atoms with van der Waals surface area (Å²) in [5.41, 5.74) is -1.02. The van der Waals surface area contributed by atoms with Crippen LogP contribution in [-0.2, 0) is 16.2 Å². The predicted octanol–water partition coefficient (Wildman–Crippen LogP) is 3.56. The first-order chi connectivity index (χ1) is 12.1. The van der Waals surface area contributed by atoms with Gasteiger partial charge in [-0.3, -0.25) is 4.90 Å². The normalized spacial score (nSPS) is 25.9. The third-order valence-corrected chi connectivity index (χ3v) is 8.37. The van der Waals surface area contributed by atoms with Crippen molar-refractivity contribution < 1.29 is 21.6 Å². The van der Waals surface area contributed by atoms with Gasteiger partial charge in [0.2, 0.25) is 10.0 Å². The van der Waals surface area contributed by atoms with Gasteiger partial charge in [0.05, 0.1) is 10.6 Å². The predicted molar refractivity (Wildman–Crippen MR) is 97.1 cm³/mol. The number of hydrogen-bond donors (Lipinski definition) is 0. The van der Waals surface area contributed by atoms with Gasteiger partial charge < -0.3 is 0 Å². The molecule has 1 aromatic rings. The zero-order valence-electron chi connectivity index (χ0n) is 14.2. The summed E-state index contributed by atoms with van der Waals surface area (Å²) in [4.78, 5) is 1.81. The lowest BCUT2D eigenvalue weighted by atomic mass is 10.2. The lowest BCUT2D eigenvalue weighted by Gasteiger charge is -2.27. The van der Waals surface area contributed by atoms with E-state index in [1.165, 1.54) is 4.31 Å². The van der Waals surface area contributed by atoms with Crippen molar-refractivity contribution in [3.8, 4) is 0 Å². The fraction of sp³-hybridized carbons (Fsp3) is 0.625. The zero-order valence-corrected chi connectivity index (χ0v) is 16.6. The minimum Gasteiger partial charge on any atom is -0.298 e. The Bertz CT molecular complexity index is 767. The molecule has 2 saturated heterocycles. The van der Waals surface area contributed by atoms with E-state index < -0.39 is 26.7 Å². The number of likely N-dealkylation sites (tertiary alicyclic amines) is 1. The molecule has 0 aromatic heterocycles. The largest absolute Gasteiger partial charge is 0.416 e. The van der Waals surface area contributed by atoms with Crippen LogP contribution >= 0.6 is 23.4 Å². The Hall–Kier alpha value is -0.480. The molecule has 1 aromatic carbocycles. The molecule has 10 heteroatoms. The van der Waals surface area contributed by atoms with E-state index in [0.29, 0.717) is 6.07 Å². The Kier molecular flexibility index (Phi) is 5.85. The van der Waals surface area contributed by atoms with E-state index in [1.807, 2.05) is 6.26 Å². The van der Waals surface area contributed by atoms with Gasteiger partial charge in [-0.2, -0.15) is 29.2 Å². The minimum absolute atomic E-state index is 0.0758. The Morgan fingerprint density at radius 3 is 2.42 bits per heavy atom. The van der Waals surface area contributed by atoms with Gasteiger partial charge in [0.15, 0.2) is 0 Å². The highest BCUT2D eigenvalue weighted by molar-refractivity contribution is 7.99. The van der Waals surface area contributed by atoms with Gasteiger partial charge in [0.25, 0.3) is 0 Å².